The highest BCUT2D eigenvalue weighted by Gasteiger charge is 2.28. The Kier molecular flexibility index (Phi) is 3.03. The van der Waals surface area contributed by atoms with Gasteiger partial charge in [0.15, 0.2) is 0 Å². The summed E-state index contributed by atoms with van der Waals surface area (Å²) in [6, 6.07) is 0.551. The molecule has 2 saturated carbocycles. The van der Waals surface area contributed by atoms with Gasteiger partial charge in [0.1, 0.15) is 5.82 Å². The van der Waals surface area contributed by atoms with E-state index in [1.807, 2.05) is 0 Å². The zero-order valence-electron chi connectivity index (χ0n) is 9.16. The van der Waals surface area contributed by atoms with Crippen molar-refractivity contribution in [2.24, 2.45) is 0 Å². The first-order chi connectivity index (χ1) is 7.81. The lowest BCUT2D eigenvalue weighted by atomic mass is 9.95. The van der Waals surface area contributed by atoms with Crippen LogP contribution in [0, 0.1) is 0 Å². The van der Waals surface area contributed by atoms with E-state index < -0.39 is 0 Å². The summed E-state index contributed by atoms with van der Waals surface area (Å²) in [5.74, 6) is 1.71. The number of alkyl halides is 1. The Morgan fingerprint density at radius 3 is 2.56 bits per heavy atom. The van der Waals surface area contributed by atoms with E-state index in [2.05, 4.69) is 14.7 Å². The molecule has 2 aliphatic carbocycles. The highest BCUT2D eigenvalue weighted by Crippen LogP contribution is 2.39. The normalized spacial score (nSPS) is 30.3. The fraction of sp³-hybridized carbons (Fsp3) is 0.818. The second kappa shape index (κ2) is 4.49. The second-order valence-electron chi connectivity index (χ2n) is 4.83. The summed E-state index contributed by atoms with van der Waals surface area (Å²) >= 11 is 7.59. The van der Waals surface area contributed by atoms with Crippen molar-refractivity contribution in [2.75, 3.05) is 5.32 Å². The number of aromatic nitrogens is 2. The van der Waals surface area contributed by atoms with Gasteiger partial charge in [-0.15, -0.1) is 11.6 Å². The van der Waals surface area contributed by atoms with Crippen molar-refractivity contribution < 1.29 is 0 Å². The Labute approximate surface area is 105 Å². The zero-order valence-corrected chi connectivity index (χ0v) is 10.7. The molecule has 2 fully saturated rings. The maximum Gasteiger partial charge on any atom is 0.202 e. The van der Waals surface area contributed by atoms with Gasteiger partial charge in [-0.3, -0.25) is 0 Å². The Morgan fingerprint density at radius 2 is 1.88 bits per heavy atom. The van der Waals surface area contributed by atoms with Crippen LogP contribution in [-0.4, -0.2) is 20.8 Å². The van der Waals surface area contributed by atoms with Gasteiger partial charge in [-0.05, 0) is 38.5 Å². The first-order valence-corrected chi connectivity index (χ1v) is 7.26. The lowest BCUT2D eigenvalue weighted by molar-refractivity contribution is 0.468. The fourth-order valence-corrected chi connectivity index (χ4v) is 3.15. The van der Waals surface area contributed by atoms with Crippen LogP contribution in [0.3, 0.4) is 0 Å². The predicted molar refractivity (Wildman–Crippen MR) is 67.4 cm³/mol. The van der Waals surface area contributed by atoms with Crippen LogP contribution in [0.2, 0.25) is 0 Å². The number of nitrogens with one attached hydrogen (secondary N) is 1. The first kappa shape index (κ1) is 10.8. The minimum atomic E-state index is 0.384. The molecule has 5 heteroatoms. The molecule has 2 aliphatic rings. The quantitative estimate of drug-likeness (QED) is 0.844. The topological polar surface area (TPSA) is 37.8 Å². The van der Waals surface area contributed by atoms with Gasteiger partial charge >= 0.3 is 0 Å². The second-order valence-corrected chi connectivity index (χ2v) is 6.19. The largest absolute Gasteiger partial charge is 0.358 e. The third-order valence-electron chi connectivity index (χ3n) is 3.37. The van der Waals surface area contributed by atoms with Crippen LogP contribution in [0.15, 0.2) is 0 Å². The number of hydrogen-bond acceptors (Lipinski definition) is 4. The molecule has 0 bridgehead atoms. The number of halogens is 1. The molecule has 0 saturated heterocycles. The van der Waals surface area contributed by atoms with Crippen molar-refractivity contribution in [2.45, 2.75) is 55.9 Å². The summed E-state index contributed by atoms with van der Waals surface area (Å²) in [6.07, 6.45) is 7.10. The predicted octanol–water partition coefficient (Wildman–Crippen LogP) is 3.38. The summed E-state index contributed by atoms with van der Waals surface area (Å²) in [5.41, 5.74) is 0. The van der Waals surface area contributed by atoms with Crippen molar-refractivity contribution in [3.8, 4) is 0 Å². The summed E-state index contributed by atoms with van der Waals surface area (Å²) in [6.45, 7) is 0. The Bertz CT molecular complexity index is 356. The molecule has 0 radical (unpaired) electrons. The molecule has 0 atom stereocenters. The summed E-state index contributed by atoms with van der Waals surface area (Å²) in [5, 5.41) is 4.87. The van der Waals surface area contributed by atoms with E-state index in [9.17, 15) is 0 Å². The summed E-state index contributed by atoms with van der Waals surface area (Å²) in [7, 11) is 0. The SMILES string of the molecule is ClC1CCC(Nc2nc(C3CC3)ns2)CC1. The van der Waals surface area contributed by atoms with Gasteiger partial charge in [0.25, 0.3) is 0 Å². The first-order valence-electron chi connectivity index (χ1n) is 6.05. The summed E-state index contributed by atoms with van der Waals surface area (Å²) in [4.78, 5) is 4.55. The van der Waals surface area contributed by atoms with Crippen LogP contribution in [0.5, 0.6) is 0 Å². The third kappa shape index (κ3) is 2.48. The molecular formula is C11H16ClN3S. The van der Waals surface area contributed by atoms with Crippen molar-refractivity contribution in [3.63, 3.8) is 0 Å². The van der Waals surface area contributed by atoms with E-state index in [1.165, 1.54) is 24.4 Å². The average molecular weight is 258 g/mol. The maximum atomic E-state index is 6.09. The zero-order chi connectivity index (χ0) is 11.0. The van der Waals surface area contributed by atoms with Gasteiger partial charge in [0.2, 0.25) is 5.13 Å². The Morgan fingerprint density at radius 1 is 1.12 bits per heavy atom. The Balaban J connectivity index is 1.56. The molecule has 0 aromatic carbocycles. The van der Waals surface area contributed by atoms with Crippen molar-refractivity contribution in [1.29, 1.82) is 0 Å². The number of nitrogens with zero attached hydrogens (tertiary/aromatic N) is 2. The molecule has 3 rings (SSSR count). The molecular weight excluding hydrogens is 242 g/mol. The highest BCUT2D eigenvalue weighted by atomic mass is 35.5. The molecule has 0 aliphatic heterocycles. The average Bonchev–Trinajstić information content (AvgIpc) is 3.04. The molecule has 3 nitrogen and oxygen atoms in total. The highest BCUT2D eigenvalue weighted by molar-refractivity contribution is 7.09. The number of anilines is 1. The van der Waals surface area contributed by atoms with Crippen LogP contribution in [0.1, 0.15) is 50.3 Å². The van der Waals surface area contributed by atoms with E-state index in [4.69, 9.17) is 11.6 Å². The van der Waals surface area contributed by atoms with Gasteiger partial charge in [-0.1, -0.05) is 0 Å². The van der Waals surface area contributed by atoms with Crippen molar-refractivity contribution >= 4 is 28.3 Å². The van der Waals surface area contributed by atoms with Crippen LogP contribution in [-0.2, 0) is 0 Å². The van der Waals surface area contributed by atoms with Gasteiger partial charge in [0.05, 0.1) is 0 Å². The molecule has 1 N–H and O–H groups in total. The standard InChI is InChI=1S/C11H16ClN3S/c12-8-3-5-9(6-4-8)13-11-14-10(15-16-11)7-1-2-7/h7-9H,1-6H2,(H,13,14,15). The van der Waals surface area contributed by atoms with Crippen LogP contribution >= 0.6 is 23.1 Å². The van der Waals surface area contributed by atoms with E-state index in [1.54, 1.807) is 0 Å². The van der Waals surface area contributed by atoms with Gasteiger partial charge < -0.3 is 5.32 Å². The van der Waals surface area contributed by atoms with Crippen LogP contribution in [0.25, 0.3) is 0 Å². The minimum absolute atomic E-state index is 0.384. The molecule has 0 amide bonds. The molecule has 16 heavy (non-hydrogen) atoms. The van der Waals surface area contributed by atoms with Gasteiger partial charge in [-0.25, -0.2) is 4.98 Å². The van der Waals surface area contributed by atoms with Gasteiger partial charge in [0, 0.05) is 28.9 Å². The van der Waals surface area contributed by atoms with E-state index >= 15 is 0 Å². The minimum Gasteiger partial charge on any atom is -0.358 e. The summed E-state index contributed by atoms with van der Waals surface area (Å²) < 4.78 is 4.40. The van der Waals surface area contributed by atoms with Crippen molar-refractivity contribution in [3.05, 3.63) is 5.82 Å². The van der Waals surface area contributed by atoms with Crippen LogP contribution in [0.4, 0.5) is 5.13 Å². The molecule has 1 heterocycles. The molecule has 1 aromatic heterocycles. The van der Waals surface area contributed by atoms with Gasteiger partial charge in [-0.2, -0.15) is 4.37 Å². The van der Waals surface area contributed by atoms with E-state index in [0.29, 0.717) is 17.3 Å². The van der Waals surface area contributed by atoms with Crippen LogP contribution < -0.4 is 5.32 Å². The smallest absolute Gasteiger partial charge is 0.202 e. The fourth-order valence-electron chi connectivity index (χ4n) is 2.17. The van der Waals surface area contributed by atoms with E-state index in [-0.39, 0.29) is 0 Å². The number of rotatable bonds is 3. The lowest BCUT2D eigenvalue weighted by Crippen LogP contribution is -2.26. The maximum absolute atomic E-state index is 6.09. The van der Waals surface area contributed by atoms with E-state index in [0.717, 1.165) is 36.6 Å². The molecule has 0 spiro atoms. The lowest BCUT2D eigenvalue weighted by Gasteiger charge is -2.25. The van der Waals surface area contributed by atoms with Crippen molar-refractivity contribution in [1.82, 2.24) is 9.36 Å². The Hall–Kier alpha value is -0.350. The monoisotopic (exact) mass is 257 g/mol. The number of hydrogen-bond donors (Lipinski definition) is 1. The molecule has 0 unspecified atom stereocenters. The molecule has 1 aromatic rings. The third-order valence-corrected chi connectivity index (χ3v) is 4.47. The molecule has 88 valence electrons.